The van der Waals surface area contributed by atoms with Crippen LogP contribution in [-0.2, 0) is 9.84 Å². The van der Waals surface area contributed by atoms with Gasteiger partial charge in [0.2, 0.25) is 9.84 Å². The summed E-state index contributed by atoms with van der Waals surface area (Å²) in [5.41, 5.74) is 5.51. The minimum atomic E-state index is -3.48. The molecule has 0 amide bonds. The minimum absolute atomic E-state index is 0.0690. The van der Waals surface area contributed by atoms with Gasteiger partial charge in [-0.3, -0.25) is 0 Å². The van der Waals surface area contributed by atoms with E-state index in [1.54, 1.807) is 0 Å². The Balaban J connectivity index is 2.49. The van der Waals surface area contributed by atoms with Crippen LogP contribution in [0.1, 0.15) is 18.4 Å². The summed E-state index contributed by atoms with van der Waals surface area (Å²) in [4.78, 5) is 0.331. The monoisotopic (exact) mass is 241 g/mol. The number of rotatable bonds is 3. The third-order valence-corrected chi connectivity index (χ3v) is 4.53. The van der Waals surface area contributed by atoms with Gasteiger partial charge in [-0.25, -0.2) is 12.8 Å². The highest BCUT2D eigenvalue weighted by atomic mass is 32.2. The lowest BCUT2D eigenvalue weighted by atomic mass is 10.2. The fraction of sp³-hybridized carbons (Fsp3) is 0.273. The molecule has 1 aliphatic rings. The van der Waals surface area contributed by atoms with Crippen molar-refractivity contribution in [3.63, 3.8) is 0 Å². The maximum absolute atomic E-state index is 13.4. The van der Waals surface area contributed by atoms with E-state index in [-0.39, 0.29) is 15.4 Å². The van der Waals surface area contributed by atoms with E-state index >= 15 is 0 Å². The number of halogens is 1. The maximum atomic E-state index is 13.4. The lowest BCUT2D eigenvalue weighted by Crippen LogP contribution is -2.04. The van der Waals surface area contributed by atoms with Crippen molar-refractivity contribution in [1.82, 2.24) is 0 Å². The van der Waals surface area contributed by atoms with Gasteiger partial charge in [-0.05, 0) is 37.6 Å². The molecule has 0 bridgehead atoms. The molecule has 1 heterocycles. The molecule has 0 aliphatic carbocycles. The normalized spacial score (nSPS) is 17.0. The number of fused-ring (bicyclic) bond motifs is 1. The van der Waals surface area contributed by atoms with Gasteiger partial charge in [0.25, 0.3) is 0 Å². The van der Waals surface area contributed by atoms with Gasteiger partial charge in [-0.15, -0.1) is 0 Å². The maximum Gasteiger partial charge on any atom is 0.203 e. The zero-order valence-electron chi connectivity index (χ0n) is 8.61. The predicted molar refractivity (Wildman–Crippen MR) is 59.9 cm³/mol. The molecule has 2 rings (SSSR count). The first kappa shape index (κ1) is 11.3. The Labute approximate surface area is 93.7 Å². The van der Waals surface area contributed by atoms with E-state index in [1.807, 2.05) is 0 Å². The van der Waals surface area contributed by atoms with E-state index in [0.29, 0.717) is 19.4 Å². The molecule has 0 unspecified atom stereocenters. The topological polar surface area (TPSA) is 60.2 Å². The molecule has 86 valence electrons. The van der Waals surface area contributed by atoms with Crippen molar-refractivity contribution in [2.45, 2.75) is 17.7 Å². The Hall–Kier alpha value is -1.20. The molecule has 0 spiro atoms. The zero-order chi connectivity index (χ0) is 11.8. The van der Waals surface area contributed by atoms with Crippen LogP contribution in [0.15, 0.2) is 28.0 Å². The van der Waals surface area contributed by atoms with Crippen molar-refractivity contribution in [2.24, 2.45) is 5.73 Å². The quantitative estimate of drug-likeness (QED) is 0.876. The smallest absolute Gasteiger partial charge is 0.203 e. The lowest BCUT2D eigenvalue weighted by Gasteiger charge is -2.02. The van der Waals surface area contributed by atoms with E-state index in [4.69, 9.17) is 5.73 Å². The van der Waals surface area contributed by atoms with Crippen LogP contribution in [0, 0.1) is 5.82 Å². The van der Waals surface area contributed by atoms with Crippen LogP contribution in [0.4, 0.5) is 4.39 Å². The fourth-order valence-electron chi connectivity index (χ4n) is 1.75. The van der Waals surface area contributed by atoms with Crippen LogP contribution < -0.4 is 5.73 Å². The number of allylic oxidation sites excluding steroid dienone is 1. The molecule has 0 aromatic heterocycles. The van der Waals surface area contributed by atoms with Crippen molar-refractivity contribution in [1.29, 1.82) is 0 Å². The van der Waals surface area contributed by atoms with Crippen molar-refractivity contribution in [3.8, 4) is 0 Å². The molecule has 1 aromatic rings. The molecule has 0 atom stereocenters. The molecule has 0 saturated carbocycles. The van der Waals surface area contributed by atoms with E-state index < -0.39 is 15.7 Å². The van der Waals surface area contributed by atoms with E-state index in [1.165, 1.54) is 24.3 Å². The van der Waals surface area contributed by atoms with Gasteiger partial charge in [0.1, 0.15) is 5.82 Å². The average Bonchev–Trinajstić information content (AvgIpc) is 2.50. The van der Waals surface area contributed by atoms with Crippen molar-refractivity contribution >= 4 is 15.9 Å². The Kier molecular flexibility index (Phi) is 2.82. The van der Waals surface area contributed by atoms with Crippen molar-refractivity contribution < 1.29 is 12.8 Å². The second-order valence-corrected chi connectivity index (χ2v) is 5.63. The third-order valence-electron chi connectivity index (χ3n) is 2.58. The van der Waals surface area contributed by atoms with Gasteiger partial charge in [-0.1, -0.05) is 6.07 Å². The highest BCUT2D eigenvalue weighted by molar-refractivity contribution is 7.95. The first-order chi connectivity index (χ1) is 7.57. The van der Waals surface area contributed by atoms with E-state index in [9.17, 15) is 12.8 Å². The Morgan fingerprint density at radius 3 is 2.69 bits per heavy atom. The van der Waals surface area contributed by atoms with Gasteiger partial charge in [-0.2, -0.15) is 0 Å². The number of hydrogen-bond acceptors (Lipinski definition) is 3. The molecule has 5 heteroatoms. The number of benzene rings is 1. The van der Waals surface area contributed by atoms with Crippen LogP contribution in [0.2, 0.25) is 0 Å². The van der Waals surface area contributed by atoms with Crippen molar-refractivity contribution in [2.75, 3.05) is 6.54 Å². The standard InChI is InChI=1S/C11H12FNO2S/c12-10-4-1-5-11-9(10)7-8(3-2-6-13)16(11,14)15/h1,4-5,7H,2-3,6,13H2. The zero-order valence-corrected chi connectivity index (χ0v) is 9.43. The molecule has 1 aliphatic heterocycles. The number of nitrogens with two attached hydrogens (primary N) is 1. The molecular weight excluding hydrogens is 229 g/mol. The highest BCUT2D eigenvalue weighted by Crippen LogP contribution is 2.36. The van der Waals surface area contributed by atoms with Gasteiger partial charge in [0, 0.05) is 5.56 Å². The van der Waals surface area contributed by atoms with Crippen LogP contribution in [0.3, 0.4) is 0 Å². The first-order valence-corrected chi connectivity index (χ1v) is 6.50. The summed E-state index contributed by atoms with van der Waals surface area (Å²) in [5.74, 6) is -0.496. The summed E-state index contributed by atoms with van der Waals surface area (Å²) in [5, 5.41) is 0. The molecule has 0 radical (unpaired) electrons. The summed E-state index contributed by atoms with van der Waals surface area (Å²) >= 11 is 0. The molecule has 0 saturated heterocycles. The predicted octanol–water partition coefficient (Wildman–Crippen LogP) is 1.69. The van der Waals surface area contributed by atoms with Crippen LogP contribution in [0.25, 0.3) is 6.08 Å². The van der Waals surface area contributed by atoms with Crippen molar-refractivity contribution in [3.05, 3.63) is 34.5 Å². The second kappa shape index (κ2) is 3.99. The van der Waals surface area contributed by atoms with Crippen LogP contribution >= 0.6 is 0 Å². The minimum Gasteiger partial charge on any atom is -0.330 e. The summed E-state index contributed by atoms with van der Waals surface area (Å²) < 4.78 is 37.3. The lowest BCUT2D eigenvalue weighted by molar-refractivity contribution is 0.596. The largest absolute Gasteiger partial charge is 0.330 e. The first-order valence-electron chi connectivity index (χ1n) is 5.01. The highest BCUT2D eigenvalue weighted by Gasteiger charge is 2.30. The van der Waals surface area contributed by atoms with E-state index in [0.717, 1.165) is 0 Å². The fourth-order valence-corrected chi connectivity index (χ4v) is 3.43. The number of hydrogen-bond donors (Lipinski definition) is 1. The molecule has 3 nitrogen and oxygen atoms in total. The molecular formula is C11H12FNO2S. The molecule has 1 aromatic carbocycles. The SMILES string of the molecule is NCCCC1=Cc2c(F)cccc2S1(=O)=O. The third kappa shape index (κ3) is 1.66. The Morgan fingerprint density at radius 2 is 2.06 bits per heavy atom. The van der Waals surface area contributed by atoms with Crippen LogP contribution in [-0.4, -0.2) is 15.0 Å². The molecule has 2 N–H and O–H groups in total. The summed E-state index contributed by atoms with van der Waals surface area (Å²) in [7, 11) is -3.48. The van der Waals surface area contributed by atoms with Gasteiger partial charge >= 0.3 is 0 Å². The van der Waals surface area contributed by atoms with Gasteiger partial charge < -0.3 is 5.73 Å². The molecule has 16 heavy (non-hydrogen) atoms. The van der Waals surface area contributed by atoms with E-state index in [2.05, 4.69) is 0 Å². The second-order valence-electron chi connectivity index (χ2n) is 3.66. The van der Waals surface area contributed by atoms with Gasteiger partial charge in [0.05, 0.1) is 9.80 Å². The summed E-state index contributed by atoms with van der Waals surface area (Å²) in [6.45, 7) is 0.422. The van der Waals surface area contributed by atoms with Gasteiger partial charge in [0.15, 0.2) is 0 Å². The van der Waals surface area contributed by atoms with Crippen LogP contribution in [0.5, 0.6) is 0 Å². The molecule has 0 fully saturated rings. The Morgan fingerprint density at radius 1 is 1.31 bits per heavy atom. The number of sulfone groups is 1. The Bertz CT molecular complexity index is 549. The summed E-state index contributed by atoms with van der Waals surface area (Å²) in [6, 6.07) is 4.10. The average molecular weight is 241 g/mol. The summed E-state index contributed by atoms with van der Waals surface area (Å²) in [6.07, 6.45) is 2.36.